The number of rotatable bonds is 9. The Morgan fingerprint density at radius 3 is 2.32 bits per heavy atom. The number of allylic oxidation sites excluding steroid dienone is 1. The average Bonchev–Trinajstić information content (AvgIpc) is 2.89. The van der Waals surface area contributed by atoms with E-state index in [1.807, 2.05) is 54.6 Å². The fourth-order valence-electron chi connectivity index (χ4n) is 3.73. The van der Waals surface area contributed by atoms with Crippen molar-refractivity contribution < 1.29 is 14.0 Å². The Bertz CT molecular complexity index is 1400. The van der Waals surface area contributed by atoms with Crippen molar-refractivity contribution >= 4 is 31.1 Å². The lowest BCUT2D eigenvalue weighted by atomic mass is 9.93. The van der Waals surface area contributed by atoms with E-state index in [0.29, 0.717) is 24.7 Å². The van der Waals surface area contributed by atoms with E-state index in [1.165, 1.54) is 12.4 Å². The number of ether oxygens (including phenoxy) is 1. The van der Waals surface area contributed by atoms with Crippen molar-refractivity contribution in [3.8, 4) is 17.0 Å². The molecule has 0 saturated carbocycles. The van der Waals surface area contributed by atoms with Crippen LogP contribution in [0.15, 0.2) is 79.4 Å². The molecule has 37 heavy (non-hydrogen) atoms. The second-order valence-corrected chi connectivity index (χ2v) is 15.2. The van der Waals surface area contributed by atoms with Crippen LogP contribution in [-0.2, 0) is 4.43 Å². The Kier molecular flexibility index (Phi) is 7.95. The van der Waals surface area contributed by atoms with Crippen molar-refractivity contribution in [3.63, 3.8) is 0 Å². The van der Waals surface area contributed by atoms with E-state index in [1.54, 1.807) is 18.5 Å². The Labute approximate surface area is 219 Å². The summed E-state index contributed by atoms with van der Waals surface area (Å²) in [6.07, 6.45) is 8.00. The summed E-state index contributed by atoms with van der Waals surface area (Å²) in [5, 5.41) is 0.986. The van der Waals surface area contributed by atoms with E-state index in [4.69, 9.17) is 14.1 Å². The summed E-state index contributed by atoms with van der Waals surface area (Å²) < 4.78 is 12.5. The summed E-state index contributed by atoms with van der Waals surface area (Å²) in [6, 6.07) is 17.7. The first-order valence-corrected chi connectivity index (χ1v) is 15.3. The molecule has 0 bridgehead atoms. The number of ketones is 1. The number of para-hydroxylation sites is 1. The van der Waals surface area contributed by atoms with Crippen LogP contribution in [0.4, 0.5) is 0 Å². The molecule has 4 aromatic rings. The predicted octanol–water partition coefficient (Wildman–Crippen LogP) is 6.99. The first-order chi connectivity index (χ1) is 17.7. The van der Waals surface area contributed by atoms with Crippen molar-refractivity contribution in [3.05, 3.63) is 90.5 Å². The molecule has 2 aromatic heterocycles. The molecular formula is C30H33N3O3Si. The number of benzene rings is 2. The van der Waals surface area contributed by atoms with Gasteiger partial charge >= 0.3 is 0 Å². The van der Waals surface area contributed by atoms with Gasteiger partial charge in [-0.3, -0.25) is 4.79 Å². The number of hydrogen-bond donors (Lipinski definition) is 0. The molecular weight excluding hydrogens is 478 g/mol. The Balaban J connectivity index is 1.76. The zero-order chi connectivity index (χ0) is 26.5. The van der Waals surface area contributed by atoms with E-state index in [0.717, 1.165) is 27.6 Å². The molecule has 2 heterocycles. The number of carbonyl (C=O) groups is 1. The maximum atomic E-state index is 13.7. The summed E-state index contributed by atoms with van der Waals surface area (Å²) >= 11 is 0. The van der Waals surface area contributed by atoms with Crippen molar-refractivity contribution in [2.24, 2.45) is 0 Å². The molecule has 0 N–H and O–H groups in total. The summed E-state index contributed by atoms with van der Waals surface area (Å²) in [6.45, 7) is 11.8. The SMILES string of the molecule is CC(C)(C)[Si](C)(C)OCCOc1nc2ccccc2c(-c2ccccc2)c1C(=O)C=Cc1cncnc1. The van der Waals surface area contributed by atoms with Crippen molar-refractivity contribution in [1.29, 1.82) is 0 Å². The third-order valence-electron chi connectivity index (χ3n) is 6.77. The van der Waals surface area contributed by atoms with Gasteiger partial charge in [0.05, 0.1) is 17.7 Å². The van der Waals surface area contributed by atoms with Crippen LogP contribution >= 0.6 is 0 Å². The number of carbonyl (C=O) groups excluding carboxylic acids is 1. The highest BCUT2D eigenvalue weighted by Gasteiger charge is 2.37. The molecule has 190 valence electrons. The first kappa shape index (κ1) is 26.4. The highest BCUT2D eigenvalue weighted by atomic mass is 28.4. The number of pyridine rings is 1. The molecule has 0 aliphatic heterocycles. The molecule has 0 radical (unpaired) electrons. The van der Waals surface area contributed by atoms with E-state index >= 15 is 0 Å². The maximum Gasteiger partial charge on any atom is 0.226 e. The van der Waals surface area contributed by atoms with Crippen LogP contribution in [0.3, 0.4) is 0 Å². The molecule has 0 unspecified atom stereocenters. The molecule has 2 aromatic carbocycles. The molecule has 0 atom stereocenters. The average molecular weight is 512 g/mol. The molecule has 0 spiro atoms. The lowest BCUT2D eigenvalue weighted by molar-refractivity contribution is 0.104. The van der Waals surface area contributed by atoms with Crippen LogP contribution in [0.25, 0.3) is 28.1 Å². The summed E-state index contributed by atoms with van der Waals surface area (Å²) in [4.78, 5) is 26.6. The minimum Gasteiger partial charge on any atom is -0.475 e. The number of hydrogen-bond acceptors (Lipinski definition) is 6. The van der Waals surface area contributed by atoms with Crippen LogP contribution in [0.2, 0.25) is 18.1 Å². The molecule has 0 fully saturated rings. The fourth-order valence-corrected chi connectivity index (χ4v) is 4.76. The number of fused-ring (bicyclic) bond motifs is 1. The van der Waals surface area contributed by atoms with Crippen LogP contribution < -0.4 is 4.74 Å². The second-order valence-electron chi connectivity index (χ2n) is 10.4. The van der Waals surface area contributed by atoms with E-state index in [2.05, 4.69) is 43.8 Å². The second kappa shape index (κ2) is 11.1. The van der Waals surface area contributed by atoms with Crippen LogP contribution in [0, 0.1) is 0 Å². The molecule has 0 amide bonds. The first-order valence-electron chi connectivity index (χ1n) is 12.4. The summed E-state index contributed by atoms with van der Waals surface area (Å²) in [5.41, 5.74) is 3.63. The molecule has 4 rings (SSSR count). The molecule has 0 aliphatic carbocycles. The molecule has 0 aliphatic rings. The van der Waals surface area contributed by atoms with E-state index in [9.17, 15) is 4.79 Å². The molecule has 7 heteroatoms. The quantitative estimate of drug-likeness (QED) is 0.104. The molecule has 6 nitrogen and oxygen atoms in total. The largest absolute Gasteiger partial charge is 0.475 e. The minimum absolute atomic E-state index is 0.0990. The van der Waals surface area contributed by atoms with Crippen molar-refractivity contribution in [2.45, 2.75) is 38.9 Å². The lowest BCUT2D eigenvalue weighted by Crippen LogP contribution is -2.41. The van der Waals surface area contributed by atoms with Crippen molar-refractivity contribution in [2.75, 3.05) is 13.2 Å². The zero-order valence-electron chi connectivity index (χ0n) is 22.1. The van der Waals surface area contributed by atoms with Gasteiger partial charge in [-0.2, -0.15) is 0 Å². The van der Waals surface area contributed by atoms with Crippen LogP contribution in [-0.4, -0.2) is 42.3 Å². The van der Waals surface area contributed by atoms with Gasteiger partial charge in [-0.15, -0.1) is 0 Å². The zero-order valence-corrected chi connectivity index (χ0v) is 23.1. The van der Waals surface area contributed by atoms with E-state index < -0.39 is 8.32 Å². The summed E-state index contributed by atoms with van der Waals surface area (Å²) in [7, 11) is -1.93. The van der Waals surface area contributed by atoms with Gasteiger partial charge in [0.1, 0.15) is 12.9 Å². The van der Waals surface area contributed by atoms with E-state index in [-0.39, 0.29) is 10.8 Å². The fraction of sp³-hybridized carbons (Fsp3) is 0.267. The molecule has 0 saturated heterocycles. The normalized spacial score (nSPS) is 12.2. The highest BCUT2D eigenvalue weighted by molar-refractivity contribution is 6.74. The summed E-state index contributed by atoms with van der Waals surface area (Å²) in [5.74, 6) is 0.0941. The lowest BCUT2D eigenvalue weighted by Gasteiger charge is -2.36. The van der Waals surface area contributed by atoms with Gasteiger partial charge in [-0.25, -0.2) is 15.0 Å². The standard InChI is InChI=1S/C30H33N3O3Si/c1-30(2,3)37(4,5)36-18-17-35-29-28(26(34)16-15-22-19-31-21-32-20-22)27(23-11-7-6-8-12-23)24-13-9-10-14-25(24)33-29/h6-16,19-21H,17-18H2,1-5H3. The van der Waals surface area contributed by atoms with Gasteiger partial charge in [-0.1, -0.05) is 69.3 Å². The third-order valence-corrected chi connectivity index (χ3v) is 11.3. The topological polar surface area (TPSA) is 74.2 Å². The predicted molar refractivity (Wildman–Crippen MR) is 151 cm³/mol. The Morgan fingerprint density at radius 1 is 0.946 bits per heavy atom. The Hall–Kier alpha value is -3.68. The van der Waals surface area contributed by atoms with Gasteiger partial charge in [0.25, 0.3) is 0 Å². The van der Waals surface area contributed by atoms with Crippen molar-refractivity contribution in [1.82, 2.24) is 15.0 Å². The Morgan fingerprint density at radius 2 is 1.62 bits per heavy atom. The highest BCUT2D eigenvalue weighted by Crippen LogP contribution is 2.38. The van der Waals surface area contributed by atoms with Gasteiger partial charge in [0.15, 0.2) is 14.1 Å². The number of nitrogens with zero attached hydrogens (tertiary/aromatic N) is 3. The third kappa shape index (κ3) is 6.18. The van der Waals surface area contributed by atoms with Gasteiger partial charge in [0.2, 0.25) is 5.88 Å². The number of aromatic nitrogens is 3. The van der Waals surface area contributed by atoms with Crippen LogP contribution in [0.5, 0.6) is 5.88 Å². The maximum absolute atomic E-state index is 13.7. The van der Waals surface area contributed by atoms with Crippen LogP contribution in [0.1, 0.15) is 36.7 Å². The minimum atomic E-state index is -1.93. The monoisotopic (exact) mass is 511 g/mol. The van der Waals surface area contributed by atoms with Gasteiger partial charge in [0, 0.05) is 28.9 Å². The van der Waals surface area contributed by atoms with Gasteiger partial charge < -0.3 is 9.16 Å². The smallest absolute Gasteiger partial charge is 0.226 e. The van der Waals surface area contributed by atoms with Gasteiger partial charge in [-0.05, 0) is 41.9 Å².